The number of hydrogen-bond acceptors (Lipinski definition) is 3. The van der Waals surface area contributed by atoms with Gasteiger partial charge < -0.3 is 9.15 Å². The first-order chi connectivity index (χ1) is 12.8. The van der Waals surface area contributed by atoms with Gasteiger partial charge >= 0.3 is 5.97 Å². The summed E-state index contributed by atoms with van der Waals surface area (Å²) in [6.45, 7) is 2.48. The Morgan fingerprint density at radius 1 is 0.923 bits per heavy atom. The smallest absolute Gasteiger partial charge is 0.330 e. The minimum Gasteiger partial charge on any atom is -0.466 e. The fourth-order valence-electron chi connectivity index (χ4n) is 3.04. The molecule has 148 valence electrons. The highest BCUT2D eigenvalue weighted by Gasteiger charge is 2.00. The lowest BCUT2D eigenvalue weighted by Crippen LogP contribution is -1.99. The lowest BCUT2D eigenvalue weighted by molar-refractivity contribution is -0.139. The van der Waals surface area contributed by atoms with E-state index in [1.165, 1.54) is 83.1 Å². The van der Waals surface area contributed by atoms with Gasteiger partial charge in [0.05, 0.1) is 6.26 Å². The van der Waals surface area contributed by atoms with E-state index < -0.39 is 0 Å². The Bertz CT molecular complexity index is 448. The zero-order chi connectivity index (χ0) is 18.7. The Labute approximate surface area is 160 Å². The van der Waals surface area contributed by atoms with Crippen LogP contribution in [0, 0.1) is 0 Å². The number of rotatable bonds is 17. The zero-order valence-electron chi connectivity index (χ0n) is 16.7. The van der Waals surface area contributed by atoms with Crippen molar-refractivity contribution in [2.24, 2.45) is 0 Å². The van der Waals surface area contributed by atoms with Crippen LogP contribution in [0.2, 0.25) is 0 Å². The maximum atomic E-state index is 11.5. The van der Waals surface area contributed by atoms with Gasteiger partial charge in [-0.3, -0.25) is 0 Å². The molecule has 1 rings (SSSR count). The van der Waals surface area contributed by atoms with Crippen LogP contribution in [0.3, 0.4) is 0 Å². The van der Waals surface area contributed by atoms with Crippen LogP contribution in [0.15, 0.2) is 35.0 Å². The van der Waals surface area contributed by atoms with Gasteiger partial charge in [0.2, 0.25) is 0 Å². The van der Waals surface area contributed by atoms with Gasteiger partial charge in [-0.2, -0.15) is 0 Å². The molecule has 0 saturated carbocycles. The molecule has 0 aromatic carbocycles. The van der Waals surface area contributed by atoms with E-state index in [0.717, 1.165) is 12.8 Å². The van der Waals surface area contributed by atoms with Gasteiger partial charge in [0.1, 0.15) is 12.4 Å². The Morgan fingerprint density at radius 3 is 2.04 bits per heavy atom. The third-order valence-corrected chi connectivity index (χ3v) is 4.67. The molecule has 1 aromatic heterocycles. The summed E-state index contributed by atoms with van der Waals surface area (Å²) in [5, 5.41) is 0. The number of carbonyl (C=O) groups is 1. The van der Waals surface area contributed by atoms with Crippen molar-refractivity contribution in [3.63, 3.8) is 0 Å². The molecular formula is C23H38O3. The molecule has 3 nitrogen and oxygen atoms in total. The van der Waals surface area contributed by atoms with E-state index in [1.54, 1.807) is 18.4 Å². The summed E-state index contributed by atoms with van der Waals surface area (Å²) in [4.78, 5) is 11.5. The summed E-state index contributed by atoms with van der Waals surface area (Å²) in [5.74, 6) is 0.374. The Morgan fingerprint density at radius 2 is 1.50 bits per heavy atom. The van der Waals surface area contributed by atoms with E-state index in [-0.39, 0.29) is 12.6 Å². The molecule has 0 spiro atoms. The SMILES string of the molecule is CCCCCCCCCCCCCCC/C=C/C(=O)OCc1ccco1. The lowest BCUT2D eigenvalue weighted by atomic mass is 10.0. The predicted molar refractivity (Wildman–Crippen MR) is 108 cm³/mol. The quantitative estimate of drug-likeness (QED) is 0.165. The van der Waals surface area contributed by atoms with Gasteiger partial charge in [0, 0.05) is 6.08 Å². The Hall–Kier alpha value is -1.51. The van der Waals surface area contributed by atoms with Crippen molar-refractivity contribution in [2.45, 2.75) is 103 Å². The van der Waals surface area contributed by atoms with Crippen molar-refractivity contribution in [1.29, 1.82) is 0 Å². The van der Waals surface area contributed by atoms with Crippen molar-refractivity contribution in [1.82, 2.24) is 0 Å². The molecule has 0 aliphatic carbocycles. The number of carbonyl (C=O) groups excluding carboxylic acids is 1. The third kappa shape index (κ3) is 13.7. The summed E-state index contributed by atoms with van der Waals surface area (Å²) in [5.41, 5.74) is 0. The molecule has 1 aromatic rings. The van der Waals surface area contributed by atoms with Crippen LogP contribution in [0.4, 0.5) is 0 Å². The maximum absolute atomic E-state index is 11.5. The van der Waals surface area contributed by atoms with Crippen molar-refractivity contribution in [2.75, 3.05) is 0 Å². The summed E-state index contributed by atoms with van der Waals surface area (Å²) in [7, 11) is 0. The van der Waals surface area contributed by atoms with Crippen molar-refractivity contribution in [3.8, 4) is 0 Å². The van der Waals surface area contributed by atoms with E-state index in [9.17, 15) is 4.79 Å². The highest BCUT2D eigenvalue weighted by atomic mass is 16.5. The first kappa shape index (κ1) is 22.5. The van der Waals surface area contributed by atoms with Crippen molar-refractivity contribution < 1.29 is 13.9 Å². The molecule has 0 N–H and O–H groups in total. The summed E-state index contributed by atoms with van der Waals surface area (Å²) < 4.78 is 10.2. The minimum absolute atomic E-state index is 0.203. The Balaban J connectivity index is 1.79. The van der Waals surface area contributed by atoms with Crippen LogP contribution < -0.4 is 0 Å². The van der Waals surface area contributed by atoms with Gasteiger partial charge in [0.15, 0.2) is 0 Å². The average molecular weight is 363 g/mol. The topological polar surface area (TPSA) is 39.4 Å². The molecule has 0 fully saturated rings. The second-order valence-corrected chi connectivity index (χ2v) is 7.12. The fraction of sp³-hybridized carbons (Fsp3) is 0.696. The van der Waals surface area contributed by atoms with E-state index in [0.29, 0.717) is 5.76 Å². The number of esters is 1. The van der Waals surface area contributed by atoms with E-state index in [4.69, 9.17) is 9.15 Å². The van der Waals surface area contributed by atoms with E-state index >= 15 is 0 Å². The largest absolute Gasteiger partial charge is 0.466 e. The van der Waals surface area contributed by atoms with Crippen LogP contribution in [0.1, 0.15) is 103 Å². The number of ether oxygens (including phenoxy) is 1. The molecule has 26 heavy (non-hydrogen) atoms. The average Bonchev–Trinajstić information content (AvgIpc) is 3.17. The number of furan rings is 1. The van der Waals surface area contributed by atoms with Crippen molar-refractivity contribution >= 4 is 5.97 Å². The van der Waals surface area contributed by atoms with Crippen LogP contribution in [0.5, 0.6) is 0 Å². The molecule has 0 amide bonds. The molecule has 0 aliphatic heterocycles. The number of allylic oxidation sites excluding steroid dienone is 1. The fourth-order valence-corrected chi connectivity index (χ4v) is 3.04. The molecule has 0 saturated heterocycles. The molecule has 0 unspecified atom stereocenters. The molecule has 1 heterocycles. The Kier molecular flexibility index (Phi) is 14.7. The highest BCUT2D eigenvalue weighted by Crippen LogP contribution is 2.13. The highest BCUT2D eigenvalue weighted by molar-refractivity contribution is 5.81. The number of unbranched alkanes of at least 4 members (excludes halogenated alkanes) is 13. The third-order valence-electron chi connectivity index (χ3n) is 4.67. The van der Waals surface area contributed by atoms with Crippen LogP contribution in [-0.4, -0.2) is 5.97 Å². The second-order valence-electron chi connectivity index (χ2n) is 7.12. The zero-order valence-corrected chi connectivity index (χ0v) is 16.7. The lowest BCUT2D eigenvalue weighted by Gasteiger charge is -2.02. The number of hydrogen-bond donors (Lipinski definition) is 0. The molecule has 0 radical (unpaired) electrons. The van der Waals surface area contributed by atoms with Gasteiger partial charge in [-0.15, -0.1) is 0 Å². The summed E-state index contributed by atoms with van der Waals surface area (Å²) in [6, 6.07) is 3.58. The van der Waals surface area contributed by atoms with Gasteiger partial charge in [-0.05, 0) is 25.0 Å². The maximum Gasteiger partial charge on any atom is 0.330 e. The molecule has 0 bridgehead atoms. The van der Waals surface area contributed by atoms with E-state index in [1.807, 2.05) is 6.08 Å². The molecule has 0 atom stereocenters. The first-order valence-electron chi connectivity index (χ1n) is 10.7. The molecule has 3 heteroatoms. The van der Waals surface area contributed by atoms with Crippen LogP contribution in [0.25, 0.3) is 0 Å². The van der Waals surface area contributed by atoms with Gasteiger partial charge in [-0.1, -0.05) is 90.0 Å². The van der Waals surface area contributed by atoms with Gasteiger partial charge in [-0.25, -0.2) is 4.79 Å². The van der Waals surface area contributed by atoms with E-state index in [2.05, 4.69) is 6.92 Å². The molecular weight excluding hydrogens is 324 g/mol. The summed E-state index contributed by atoms with van der Waals surface area (Å²) >= 11 is 0. The normalized spacial score (nSPS) is 11.3. The first-order valence-corrected chi connectivity index (χ1v) is 10.7. The molecule has 0 aliphatic rings. The standard InChI is InChI=1S/C23H38O3/c1-2-3-4-5-6-7-8-9-10-11-12-13-14-15-16-19-23(24)26-21-22-18-17-20-25-22/h16-20H,2-15,21H2,1H3/b19-16+. The van der Waals surface area contributed by atoms with Crippen molar-refractivity contribution in [3.05, 3.63) is 36.3 Å². The second kappa shape index (κ2) is 16.9. The summed E-state index contributed by atoms with van der Waals surface area (Å²) in [6.07, 6.45) is 23.7. The predicted octanol–water partition coefficient (Wildman–Crippen LogP) is 7.36. The monoisotopic (exact) mass is 362 g/mol. The van der Waals surface area contributed by atoms with Crippen LogP contribution >= 0.6 is 0 Å². The minimum atomic E-state index is -0.295. The van der Waals surface area contributed by atoms with Crippen LogP contribution in [-0.2, 0) is 16.1 Å². The van der Waals surface area contributed by atoms with Gasteiger partial charge in [0.25, 0.3) is 0 Å².